The Morgan fingerprint density at radius 2 is 2.00 bits per heavy atom. The van der Waals surface area contributed by atoms with Crippen molar-refractivity contribution >= 4 is 16.0 Å². The maximum atomic E-state index is 12.5. The Morgan fingerprint density at radius 1 is 1.38 bits per heavy atom. The molecule has 0 aliphatic heterocycles. The largest absolute Gasteiger partial charge is 0.480 e. The molecule has 1 fully saturated rings. The molecule has 0 aromatic heterocycles. The first-order chi connectivity index (χ1) is 9.81. The Balaban J connectivity index is 2.39. The van der Waals surface area contributed by atoms with E-state index in [-0.39, 0.29) is 17.7 Å². The minimum atomic E-state index is -3.94. The molecule has 0 unspecified atom stereocenters. The fourth-order valence-corrected chi connectivity index (χ4v) is 4.32. The zero-order chi connectivity index (χ0) is 15.7. The molecule has 0 radical (unpaired) electrons. The third-order valence-corrected chi connectivity index (χ3v) is 5.49. The van der Waals surface area contributed by atoms with Crippen molar-refractivity contribution < 1.29 is 18.3 Å². The SMILES string of the molecule is Cc1cc(C#N)ccc1S(=O)(=O)NC1(C(=O)O)CCCC1. The van der Waals surface area contributed by atoms with Crippen molar-refractivity contribution in [1.29, 1.82) is 5.26 Å². The Labute approximate surface area is 123 Å². The van der Waals surface area contributed by atoms with E-state index in [4.69, 9.17) is 5.26 Å². The van der Waals surface area contributed by atoms with Crippen LogP contribution in [0, 0.1) is 18.3 Å². The summed E-state index contributed by atoms with van der Waals surface area (Å²) in [6.45, 7) is 1.58. The van der Waals surface area contributed by atoms with Gasteiger partial charge in [0.05, 0.1) is 16.5 Å². The third-order valence-electron chi connectivity index (χ3n) is 3.79. The molecule has 1 saturated carbocycles. The number of benzene rings is 1. The van der Waals surface area contributed by atoms with Crippen LogP contribution in [-0.4, -0.2) is 25.0 Å². The van der Waals surface area contributed by atoms with Crippen molar-refractivity contribution in [2.75, 3.05) is 0 Å². The van der Waals surface area contributed by atoms with Gasteiger partial charge < -0.3 is 5.11 Å². The van der Waals surface area contributed by atoms with Gasteiger partial charge in [0.1, 0.15) is 5.54 Å². The molecular weight excluding hydrogens is 292 g/mol. The van der Waals surface area contributed by atoms with Crippen molar-refractivity contribution in [3.63, 3.8) is 0 Å². The van der Waals surface area contributed by atoms with Gasteiger partial charge in [-0.3, -0.25) is 4.79 Å². The summed E-state index contributed by atoms with van der Waals surface area (Å²) in [5, 5.41) is 18.2. The number of carboxylic acid groups (broad SMARTS) is 1. The van der Waals surface area contributed by atoms with Crippen LogP contribution in [0.1, 0.15) is 36.8 Å². The smallest absolute Gasteiger partial charge is 0.324 e. The van der Waals surface area contributed by atoms with Crippen molar-refractivity contribution in [2.24, 2.45) is 0 Å². The zero-order valence-electron chi connectivity index (χ0n) is 11.6. The molecule has 1 aromatic rings. The van der Waals surface area contributed by atoms with Crippen molar-refractivity contribution in [3.8, 4) is 6.07 Å². The van der Waals surface area contributed by atoms with Crippen LogP contribution in [-0.2, 0) is 14.8 Å². The van der Waals surface area contributed by atoms with Gasteiger partial charge in [-0.1, -0.05) is 12.8 Å². The summed E-state index contributed by atoms with van der Waals surface area (Å²) in [6.07, 6.45) is 1.94. The van der Waals surface area contributed by atoms with Crippen LogP contribution in [0.15, 0.2) is 23.1 Å². The lowest BCUT2D eigenvalue weighted by atomic mass is 10.0. The molecule has 0 atom stereocenters. The minimum Gasteiger partial charge on any atom is -0.480 e. The summed E-state index contributed by atoms with van der Waals surface area (Å²) >= 11 is 0. The quantitative estimate of drug-likeness (QED) is 0.877. The molecule has 6 nitrogen and oxygen atoms in total. The van der Waals surface area contributed by atoms with Gasteiger partial charge in [-0.25, -0.2) is 8.42 Å². The van der Waals surface area contributed by atoms with Gasteiger partial charge in [0.2, 0.25) is 10.0 Å². The normalized spacial score (nSPS) is 17.3. The molecule has 1 aromatic carbocycles. The Hall–Kier alpha value is -1.91. The maximum Gasteiger partial charge on any atom is 0.324 e. The van der Waals surface area contributed by atoms with E-state index in [0.717, 1.165) is 0 Å². The molecular formula is C14H16N2O4S. The number of nitrogens with one attached hydrogen (secondary N) is 1. The van der Waals surface area contributed by atoms with E-state index in [0.29, 0.717) is 24.0 Å². The van der Waals surface area contributed by atoms with Crippen LogP contribution in [0.2, 0.25) is 0 Å². The standard InChI is InChI=1S/C14H16N2O4S/c1-10-8-11(9-15)4-5-12(10)21(19,20)16-14(13(17)18)6-2-3-7-14/h4-5,8,16H,2-3,6-7H2,1H3,(H,17,18). The third kappa shape index (κ3) is 2.91. The van der Waals surface area contributed by atoms with Crippen LogP contribution >= 0.6 is 0 Å². The number of hydrogen-bond donors (Lipinski definition) is 2. The van der Waals surface area contributed by atoms with Gasteiger partial charge in [-0.05, 0) is 43.5 Å². The van der Waals surface area contributed by atoms with Gasteiger partial charge in [0, 0.05) is 0 Å². The van der Waals surface area contributed by atoms with E-state index < -0.39 is 21.5 Å². The second-order valence-corrected chi connectivity index (χ2v) is 6.94. The fraction of sp³-hybridized carbons (Fsp3) is 0.429. The number of aliphatic carboxylic acids is 1. The lowest BCUT2D eigenvalue weighted by molar-refractivity contribution is -0.143. The van der Waals surface area contributed by atoms with Gasteiger partial charge in [0.25, 0.3) is 0 Å². The molecule has 112 valence electrons. The number of carboxylic acids is 1. The van der Waals surface area contributed by atoms with E-state index in [1.54, 1.807) is 6.92 Å². The minimum absolute atomic E-state index is 0.00836. The molecule has 1 aliphatic rings. The van der Waals surface area contributed by atoms with Crippen molar-refractivity contribution in [1.82, 2.24) is 4.72 Å². The second kappa shape index (κ2) is 5.47. The topological polar surface area (TPSA) is 107 Å². The summed E-state index contributed by atoms with van der Waals surface area (Å²) in [4.78, 5) is 11.5. The van der Waals surface area contributed by atoms with Gasteiger partial charge >= 0.3 is 5.97 Å². The molecule has 2 rings (SSSR count). The zero-order valence-corrected chi connectivity index (χ0v) is 12.4. The Kier molecular flexibility index (Phi) is 4.03. The van der Waals surface area contributed by atoms with Crippen molar-refractivity contribution in [3.05, 3.63) is 29.3 Å². The Morgan fingerprint density at radius 3 is 2.48 bits per heavy atom. The molecule has 1 aliphatic carbocycles. The average molecular weight is 308 g/mol. The van der Waals surface area contributed by atoms with E-state index in [1.807, 2.05) is 6.07 Å². The lowest BCUT2D eigenvalue weighted by Crippen LogP contribution is -2.52. The van der Waals surface area contributed by atoms with Crippen LogP contribution in [0.3, 0.4) is 0 Å². The maximum absolute atomic E-state index is 12.5. The monoisotopic (exact) mass is 308 g/mol. The highest BCUT2D eigenvalue weighted by Crippen LogP contribution is 2.32. The lowest BCUT2D eigenvalue weighted by Gasteiger charge is -2.25. The Bertz CT molecular complexity index is 713. The van der Waals surface area contributed by atoms with Crippen LogP contribution < -0.4 is 4.72 Å². The van der Waals surface area contributed by atoms with Crippen LogP contribution in [0.25, 0.3) is 0 Å². The van der Waals surface area contributed by atoms with Crippen LogP contribution in [0.4, 0.5) is 0 Å². The number of nitriles is 1. The average Bonchev–Trinajstić information content (AvgIpc) is 2.87. The number of aryl methyl sites for hydroxylation is 1. The first-order valence-electron chi connectivity index (χ1n) is 6.59. The molecule has 21 heavy (non-hydrogen) atoms. The van der Waals surface area contributed by atoms with E-state index in [1.165, 1.54) is 18.2 Å². The highest BCUT2D eigenvalue weighted by Gasteiger charge is 2.44. The number of rotatable bonds is 4. The predicted octanol–water partition coefficient (Wildman–Crippen LogP) is 1.54. The summed E-state index contributed by atoms with van der Waals surface area (Å²) in [6, 6.07) is 6.15. The molecule has 0 heterocycles. The summed E-state index contributed by atoms with van der Waals surface area (Å²) in [7, 11) is -3.94. The molecule has 2 N–H and O–H groups in total. The molecule has 0 saturated heterocycles. The number of nitrogens with zero attached hydrogens (tertiary/aromatic N) is 1. The fourth-order valence-electron chi connectivity index (χ4n) is 2.67. The predicted molar refractivity (Wildman–Crippen MR) is 75.1 cm³/mol. The molecule has 0 amide bonds. The highest BCUT2D eigenvalue weighted by molar-refractivity contribution is 7.89. The van der Waals surface area contributed by atoms with E-state index in [2.05, 4.69) is 4.72 Å². The van der Waals surface area contributed by atoms with E-state index in [9.17, 15) is 18.3 Å². The van der Waals surface area contributed by atoms with E-state index >= 15 is 0 Å². The summed E-state index contributed by atoms with van der Waals surface area (Å²) < 4.78 is 27.3. The van der Waals surface area contributed by atoms with Crippen molar-refractivity contribution in [2.45, 2.75) is 43.0 Å². The van der Waals surface area contributed by atoms with Gasteiger partial charge in [-0.2, -0.15) is 9.98 Å². The number of sulfonamides is 1. The molecule has 0 spiro atoms. The second-order valence-electron chi connectivity index (χ2n) is 5.29. The van der Waals surface area contributed by atoms with Gasteiger partial charge in [-0.15, -0.1) is 0 Å². The molecule has 0 bridgehead atoms. The summed E-state index contributed by atoms with van der Waals surface area (Å²) in [5.41, 5.74) is -0.639. The van der Waals surface area contributed by atoms with Gasteiger partial charge in [0.15, 0.2) is 0 Å². The molecule has 7 heteroatoms. The summed E-state index contributed by atoms with van der Waals surface area (Å²) in [5.74, 6) is -1.14. The number of carbonyl (C=O) groups is 1. The first-order valence-corrected chi connectivity index (χ1v) is 8.07. The highest BCUT2D eigenvalue weighted by atomic mass is 32.2. The first kappa shape index (κ1) is 15.5. The van der Waals surface area contributed by atoms with Crippen LogP contribution in [0.5, 0.6) is 0 Å². The number of hydrogen-bond acceptors (Lipinski definition) is 4.